The van der Waals surface area contributed by atoms with Crippen LogP contribution in [0, 0.1) is 0 Å². The van der Waals surface area contributed by atoms with Crippen LogP contribution < -0.4 is 0 Å². The van der Waals surface area contributed by atoms with Crippen LogP contribution in [0.1, 0.15) is 22.6 Å². The van der Waals surface area contributed by atoms with Gasteiger partial charge in [-0.25, -0.2) is 0 Å². The molecule has 2 heterocycles. The van der Waals surface area contributed by atoms with Crippen molar-refractivity contribution in [2.75, 3.05) is 0 Å². The molecule has 11 aromatic rings. The lowest BCUT2D eigenvalue weighted by molar-refractivity contribution is 0.662. The molecule has 0 fully saturated rings. The summed E-state index contributed by atoms with van der Waals surface area (Å²) in [7, 11) is 0. The van der Waals surface area contributed by atoms with Gasteiger partial charge in [-0.05, 0) is 97.7 Å². The molecule has 2 aromatic heterocycles. The number of fused-ring (bicyclic) bond motifs is 11. The van der Waals surface area contributed by atoms with Gasteiger partial charge < -0.3 is 8.98 Å². The Hall–Kier alpha value is -7.16. The largest absolute Gasteiger partial charge is 0.456 e. The van der Waals surface area contributed by atoms with Crippen molar-refractivity contribution in [2.45, 2.75) is 5.92 Å². The summed E-state index contributed by atoms with van der Waals surface area (Å²) in [4.78, 5) is 0. The van der Waals surface area contributed by atoms with Crippen molar-refractivity contribution in [1.82, 2.24) is 4.57 Å². The summed E-state index contributed by atoms with van der Waals surface area (Å²) in [6.45, 7) is 0. The van der Waals surface area contributed by atoms with Gasteiger partial charge in [-0.15, -0.1) is 0 Å². The molecule has 55 heavy (non-hydrogen) atoms. The monoisotopic (exact) mass is 699 g/mol. The number of hydrogen-bond donors (Lipinski definition) is 0. The van der Waals surface area contributed by atoms with Crippen LogP contribution in [-0.2, 0) is 0 Å². The van der Waals surface area contributed by atoms with E-state index in [0.29, 0.717) is 0 Å². The van der Waals surface area contributed by atoms with E-state index in [-0.39, 0.29) is 5.92 Å². The zero-order valence-corrected chi connectivity index (χ0v) is 29.9. The third kappa shape index (κ3) is 4.49. The molecular formula is C53H33NO. The summed E-state index contributed by atoms with van der Waals surface area (Å²) in [5.41, 5.74) is 16.6. The van der Waals surface area contributed by atoms with Crippen LogP contribution in [0.3, 0.4) is 0 Å². The Morgan fingerprint density at radius 3 is 2.09 bits per heavy atom. The molecule has 0 radical (unpaired) electrons. The first-order valence-corrected chi connectivity index (χ1v) is 19.0. The molecule has 2 nitrogen and oxygen atoms in total. The molecule has 1 unspecified atom stereocenters. The smallest absolute Gasteiger partial charge is 0.140 e. The van der Waals surface area contributed by atoms with Crippen molar-refractivity contribution in [2.24, 2.45) is 0 Å². The summed E-state index contributed by atoms with van der Waals surface area (Å²) in [5, 5.41) is 7.29. The molecule has 256 valence electrons. The third-order valence-electron chi connectivity index (χ3n) is 11.8. The van der Waals surface area contributed by atoms with Gasteiger partial charge in [0.2, 0.25) is 0 Å². The van der Waals surface area contributed by atoms with Crippen molar-refractivity contribution in [3.8, 4) is 39.1 Å². The number of para-hydroxylation sites is 2. The van der Waals surface area contributed by atoms with Crippen molar-refractivity contribution in [3.05, 3.63) is 211 Å². The molecule has 0 N–H and O–H groups in total. The minimum atomic E-state index is 0.0556. The molecule has 12 rings (SSSR count). The van der Waals surface area contributed by atoms with Gasteiger partial charge in [0, 0.05) is 38.7 Å². The lowest BCUT2D eigenvalue weighted by Crippen LogP contribution is -2.00. The fourth-order valence-corrected chi connectivity index (χ4v) is 9.41. The second kappa shape index (κ2) is 11.7. The van der Waals surface area contributed by atoms with Gasteiger partial charge in [0.1, 0.15) is 11.2 Å². The van der Waals surface area contributed by atoms with Crippen LogP contribution in [0.4, 0.5) is 0 Å². The molecule has 1 aliphatic carbocycles. The molecule has 0 bridgehead atoms. The van der Waals surface area contributed by atoms with Crippen LogP contribution in [-0.4, -0.2) is 4.57 Å². The highest BCUT2D eigenvalue weighted by Gasteiger charge is 2.35. The van der Waals surface area contributed by atoms with E-state index in [4.69, 9.17) is 4.42 Å². The lowest BCUT2D eigenvalue weighted by Gasteiger charge is -2.17. The van der Waals surface area contributed by atoms with Crippen molar-refractivity contribution in [1.29, 1.82) is 0 Å². The first-order valence-electron chi connectivity index (χ1n) is 19.0. The Morgan fingerprint density at radius 1 is 0.418 bits per heavy atom. The van der Waals surface area contributed by atoms with Gasteiger partial charge >= 0.3 is 0 Å². The predicted octanol–water partition coefficient (Wildman–Crippen LogP) is 14.3. The van der Waals surface area contributed by atoms with Crippen molar-refractivity contribution in [3.63, 3.8) is 0 Å². The molecule has 0 amide bonds. The summed E-state index contributed by atoms with van der Waals surface area (Å²) < 4.78 is 9.40. The number of aromatic nitrogens is 1. The Labute approximate surface area is 318 Å². The van der Waals surface area contributed by atoms with Gasteiger partial charge in [-0.3, -0.25) is 0 Å². The van der Waals surface area contributed by atoms with Gasteiger partial charge in [-0.1, -0.05) is 152 Å². The van der Waals surface area contributed by atoms with Crippen molar-refractivity contribution < 1.29 is 4.42 Å². The topological polar surface area (TPSA) is 18.1 Å². The van der Waals surface area contributed by atoms with E-state index in [9.17, 15) is 0 Å². The minimum Gasteiger partial charge on any atom is -0.456 e. The van der Waals surface area contributed by atoms with E-state index in [0.717, 1.165) is 22.2 Å². The Kier molecular flexibility index (Phi) is 6.43. The quantitative estimate of drug-likeness (QED) is 0.179. The molecule has 1 atom stereocenters. The normalized spacial score (nSPS) is 13.6. The van der Waals surface area contributed by atoms with E-state index < -0.39 is 0 Å². The van der Waals surface area contributed by atoms with Crippen LogP contribution in [0.15, 0.2) is 199 Å². The highest BCUT2D eigenvalue weighted by Crippen LogP contribution is 2.54. The zero-order chi connectivity index (χ0) is 36.0. The SMILES string of the molecule is c1ccc(-c2cccc(-n3c4ccccc4c4cc(-c5cc6c(c7oc8ccccc8c57)C(c5ccc7ccccc7c5)c5ccccc5-6)ccc43)c2)cc1. The molecule has 0 aliphatic heterocycles. The van der Waals surface area contributed by atoms with Gasteiger partial charge in [0.05, 0.1) is 11.0 Å². The first kappa shape index (κ1) is 30.3. The van der Waals surface area contributed by atoms with Crippen LogP contribution >= 0.6 is 0 Å². The highest BCUT2D eigenvalue weighted by atomic mass is 16.3. The van der Waals surface area contributed by atoms with Gasteiger partial charge in [-0.2, -0.15) is 0 Å². The maximum absolute atomic E-state index is 6.99. The number of benzene rings is 9. The molecule has 1 aliphatic rings. The van der Waals surface area contributed by atoms with E-state index in [1.807, 2.05) is 0 Å². The number of hydrogen-bond acceptors (Lipinski definition) is 1. The standard InChI is InChI=1S/C53H33NO/c1-2-13-33(14-3-1)36-17-12-18-39(30-36)54-47-23-10-8-20-41(47)45-31-37(27-28-48(45)54)44-32-46-40-19-6-7-21-42(40)50(38-26-25-34-15-4-5-16-35(34)29-38)52(46)53-51(44)43-22-9-11-24-49(43)55-53/h1-32,50H. The lowest BCUT2D eigenvalue weighted by atomic mass is 9.86. The fraction of sp³-hybridized carbons (Fsp3) is 0.0189. The van der Waals surface area contributed by atoms with Crippen molar-refractivity contribution >= 4 is 54.5 Å². The van der Waals surface area contributed by atoms with Crippen LogP contribution in [0.5, 0.6) is 0 Å². The number of nitrogens with zero attached hydrogens (tertiary/aromatic N) is 1. The Balaban J connectivity index is 1.11. The fourth-order valence-electron chi connectivity index (χ4n) is 9.41. The maximum atomic E-state index is 6.99. The molecule has 9 aromatic carbocycles. The van der Waals surface area contributed by atoms with Crippen LogP contribution in [0.2, 0.25) is 0 Å². The Morgan fingerprint density at radius 2 is 1.16 bits per heavy atom. The Bertz CT molecular complexity index is 3330. The van der Waals surface area contributed by atoms with Crippen LogP contribution in [0.25, 0.3) is 93.6 Å². The zero-order valence-electron chi connectivity index (χ0n) is 29.9. The number of furan rings is 1. The summed E-state index contributed by atoms with van der Waals surface area (Å²) in [6, 6.07) is 70.8. The second-order valence-electron chi connectivity index (χ2n) is 14.8. The van der Waals surface area contributed by atoms with Gasteiger partial charge in [0.15, 0.2) is 0 Å². The molecule has 0 spiro atoms. The molecule has 0 saturated carbocycles. The average Bonchev–Trinajstić information content (AvgIpc) is 3.91. The third-order valence-corrected chi connectivity index (χ3v) is 11.8. The van der Waals surface area contributed by atoms with E-state index >= 15 is 0 Å². The minimum absolute atomic E-state index is 0.0556. The summed E-state index contributed by atoms with van der Waals surface area (Å²) in [5.74, 6) is 0.0556. The maximum Gasteiger partial charge on any atom is 0.140 e. The summed E-state index contributed by atoms with van der Waals surface area (Å²) in [6.07, 6.45) is 0. The van der Waals surface area contributed by atoms with E-state index in [2.05, 4.69) is 199 Å². The highest BCUT2D eigenvalue weighted by molar-refractivity contribution is 6.18. The second-order valence-corrected chi connectivity index (χ2v) is 14.8. The summed E-state index contributed by atoms with van der Waals surface area (Å²) >= 11 is 0. The molecule has 2 heteroatoms. The predicted molar refractivity (Wildman–Crippen MR) is 229 cm³/mol. The van der Waals surface area contributed by atoms with E-state index in [1.54, 1.807) is 0 Å². The molecular weight excluding hydrogens is 667 g/mol. The van der Waals surface area contributed by atoms with E-state index in [1.165, 1.54) is 88.0 Å². The van der Waals surface area contributed by atoms with Gasteiger partial charge in [0.25, 0.3) is 0 Å². The number of rotatable bonds is 4. The molecule has 0 saturated heterocycles. The first-order chi connectivity index (χ1) is 27.3. The average molecular weight is 700 g/mol.